The van der Waals surface area contributed by atoms with Gasteiger partial charge in [0.25, 0.3) is 0 Å². The zero-order chi connectivity index (χ0) is 12.3. The topological polar surface area (TPSA) is 42.2 Å². The maximum Gasteiger partial charge on any atom is 0.220 e. The third kappa shape index (κ3) is 3.35. The number of furan rings is 1. The van der Waals surface area contributed by atoms with Crippen molar-refractivity contribution in [3.05, 3.63) is 23.2 Å². The van der Waals surface area contributed by atoms with Gasteiger partial charge >= 0.3 is 0 Å². The Morgan fingerprint density at radius 3 is 2.71 bits per heavy atom. The Balaban J connectivity index is 1.77. The Morgan fingerprint density at radius 1 is 1.41 bits per heavy atom. The van der Waals surface area contributed by atoms with Gasteiger partial charge in [-0.3, -0.25) is 4.79 Å². The smallest absolute Gasteiger partial charge is 0.220 e. The molecule has 1 fully saturated rings. The Labute approximate surface area is 103 Å². The lowest BCUT2D eigenvalue weighted by Gasteiger charge is -2.09. The fourth-order valence-corrected chi connectivity index (χ4v) is 2.60. The maximum atomic E-state index is 11.7. The van der Waals surface area contributed by atoms with Crippen molar-refractivity contribution in [1.82, 2.24) is 5.32 Å². The van der Waals surface area contributed by atoms with Crippen LogP contribution in [0.2, 0.25) is 0 Å². The molecule has 1 aromatic rings. The number of aryl methyl sites for hydroxylation is 2. The summed E-state index contributed by atoms with van der Waals surface area (Å²) in [5.74, 6) is 2.60. The largest absolute Gasteiger partial charge is 0.466 e. The Morgan fingerprint density at radius 2 is 2.12 bits per heavy atom. The summed E-state index contributed by atoms with van der Waals surface area (Å²) in [6.07, 6.45) is 5.71. The van der Waals surface area contributed by atoms with Crippen LogP contribution in [0.5, 0.6) is 0 Å². The molecule has 0 radical (unpaired) electrons. The fourth-order valence-electron chi connectivity index (χ4n) is 2.60. The summed E-state index contributed by atoms with van der Waals surface area (Å²) in [5.41, 5.74) is 1.09. The van der Waals surface area contributed by atoms with Crippen LogP contribution in [-0.4, -0.2) is 5.91 Å². The molecule has 1 aliphatic carbocycles. The van der Waals surface area contributed by atoms with Gasteiger partial charge in [0.2, 0.25) is 5.91 Å². The first kappa shape index (κ1) is 12.2. The highest BCUT2D eigenvalue weighted by Gasteiger charge is 2.18. The van der Waals surface area contributed by atoms with E-state index in [1.807, 2.05) is 19.9 Å². The van der Waals surface area contributed by atoms with Crippen LogP contribution in [-0.2, 0) is 11.3 Å². The summed E-state index contributed by atoms with van der Waals surface area (Å²) >= 11 is 0. The van der Waals surface area contributed by atoms with E-state index < -0.39 is 0 Å². The van der Waals surface area contributed by atoms with Crippen LogP contribution in [0.15, 0.2) is 10.5 Å². The minimum atomic E-state index is 0.176. The van der Waals surface area contributed by atoms with Crippen molar-refractivity contribution in [3.8, 4) is 0 Å². The lowest BCUT2D eigenvalue weighted by atomic mass is 10.0. The number of carbonyl (C=O) groups is 1. The average Bonchev–Trinajstić information content (AvgIpc) is 2.86. The lowest BCUT2D eigenvalue weighted by molar-refractivity contribution is -0.122. The molecule has 1 saturated carbocycles. The predicted octanol–water partition coefficient (Wildman–Crippen LogP) is 3.09. The van der Waals surface area contributed by atoms with Crippen LogP contribution < -0.4 is 5.32 Å². The Hall–Kier alpha value is -1.25. The molecule has 0 aliphatic heterocycles. The van der Waals surface area contributed by atoms with E-state index in [4.69, 9.17) is 4.42 Å². The third-order valence-electron chi connectivity index (χ3n) is 3.57. The summed E-state index contributed by atoms with van der Waals surface area (Å²) in [5, 5.41) is 2.98. The van der Waals surface area contributed by atoms with Crippen molar-refractivity contribution in [2.75, 3.05) is 0 Å². The fraction of sp³-hybridized carbons (Fsp3) is 0.643. The molecule has 0 spiro atoms. The standard InChI is InChI=1S/C14H21NO2/c1-10-7-13(11(2)17-10)9-15-14(16)8-12-5-3-4-6-12/h7,12H,3-6,8-9H2,1-2H3,(H,15,16). The van der Waals surface area contributed by atoms with E-state index in [0.717, 1.165) is 17.1 Å². The molecule has 0 aromatic carbocycles. The van der Waals surface area contributed by atoms with Gasteiger partial charge in [-0.15, -0.1) is 0 Å². The highest BCUT2D eigenvalue weighted by molar-refractivity contribution is 5.76. The molecule has 3 heteroatoms. The van der Waals surface area contributed by atoms with Gasteiger partial charge in [-0.05, 0) is 38.7 Å². The van der Waals surface area contributed by atoms with E-state index in [2.05, 4.69) is 5.32 Å². The lowest BCUT2D eigenvalue weighted by Crippen LogP contribution is -2.24. The van der Waals surface area contributed by atoms with Gasteiger partial charge < -0.3 is 9.73 Å². The molecule has 1 aromatic heterocycles. The Kier molecular flexibility index (Phi) is 3.87. The van der Waals surface area contributed by atoms with Crippen molar-refractivity contribution in [3.63, 3.8) is 0 Å². The summed E-state index contributed by atoms with van der Waals surface area (Å²) < 4.78 is 5.43. The number of amides is 1. The van der Waals surface area contributed by atoms with Crippen molar-refractivity contribution >= 4 is 5.91 Å². The molecular formula is C14H21NO2. The minimum absolute atomic E-state index is 0.176. The molecule has 1 heterocycles. The molecule has 0 bridgehead atoms. The molecule has 1 aliphatic rings. The number of carbonyl (C=O) groups excluding carboxylic acids is 1. The molecule has 0 saturated heterocycles. The van der Waals surface area contributed by atoms with Gasteiger partial charge in [0.1, 0.15) is 11.5 Å². The first-order valence-electron chi connectivity index (χ1n) is 6.48. The van der Waals surface area contributed by atoms with Crippen molar-refractivity contribution < 1.29 is 9.21 Å². The van der Waals surface area contributed by atoms with Gasteiger partial charge in [0.05, 0.1) is 0 Å². The van der Waals surface area contributed by atoms with Crippen molar-refractivity contribution in [2.24, 2.45) is 5.92 Å². The monoisotopic (exact) mass is 235 g/mol. The van der Waals surface area contributed by atoms with Crippen LogP contribution in [0.3, 0.4) is 0 Å². The van der Waals surface area contributed by atoms with Crippen LogP contribution >= 0.6 is 0 Å². The van der Waals surface area contributed by atoms with E-state index in [1.54, 1.807) is 0 Å². The molecule has 3 nitrogen and oxygen atoms in total. The second kappa shape index (κ2) is 5.39. The summed E-state index contributed by atoms with van der Waals surface area (Å²) in [6.45, 7) is 4.46. The molecule has 2 rings (SSSR count). The van der Waals surface area contributed by atoms with Gasteiger partial charge in [0, 0.05) is 18.5 Å². The molecule has 0 unspecified atom stereocenters. The van der Waals surface area contributed by atoms with Crippen LogP contribution in [0, 0.1) is 19.8 Å². The van der Waals surface area contributed by atoms with Crippen LogP contribution in [0.1, 0.15) is 49.2 Å². The quantitative estimate of drug-likeness (QED) is 0.871. The molecule has 1 N–H and O–H groups in total. The molecular weight excluding hydrogens is 214 g/mol. The number of hydrogen-bond donors (Lipinski definition) is 1. The maximum absolute atomic E-state index is 11.7. The highest BCUT2D eigenvalue weighted by atomic mass is 16.3. The van der Waals surface area contributed by atoms with Gasteiger partial charge in [-0.2, -0.15) is 0 Å². The van der Waals surface area contributed by atoms with Gasteiger partial charge in [-0.25, -0.2) is 0 Å². The minimum Gasteiger partial charge on any atom is -0.466 e. The zero-order valence-corrected chi connectivity index (χ0v) is 10.7. The van der Waals surface area contributed by atoms with E-state index in [0.29, 0.717) is 18.9 Å². The first-order valence-corrected chi connectivity index (χ1v) is 6.48. The molecule has 1 amide bonds. The molecule has 17 heavy (non-hydrogen) atoms. The first-order chi connectivity index (χ1) is 8.15. The SMILES string of the molecule is Cc1cc(CNC(=O)CC2CCCC2)c(C)o1. The number of nitrogens with one attached hydrogen (secondary N) is 1. The highest BCUT2D eigenvalue weighted by Crippen LogP contribution is 2.27. The summed E-state index contributed by atoms with van der Waals surface area (Å²) in [6, 6.07) is 1.99. The van der Waals surface area contributed by atoms with E-state index in [1.165, 1.54) is 25.7 Å². The molecule has 0 atom stereocenters. The van der Waals surface area contributed by atoms with E-state index >= 15 is 0 Å². The zero-order valence-electron chi connectivity index (χ0n) is 10.7. The van der Waals surface area contributed by atoms with E-state index in [9.17, 15) is 4.79 Å². The number of hydrogen-bond acceptors (Lipinski definition) is 2. The van der Waals surface area contributed by atoms with Crippen LogP contribution in [0.4, 0.5) is 0 Å². The second-order valence-electron chi connectivity index (χ2n) is 5.07. The average molecular weight is 235 g/mol. The summed E-state index contributed by atoms with van der Waals surface area (Å²) in [7, 11) is 0. The Bertz CT molecular complexity index is 389. The van der Waals surface area contributed by atoms with Crippen molar-refractivity contribution in [2.45, 2.75) is 52.5 Å². The molecule has 94 valence electrons. The number of rotatable bonds is 4. The van der Waals surface area contributed by atoms with Gasteiger partial charge in [-0.1, -0.05) is 12.8 Å². The van der Waals surface area contributed by atoms with Gasteiger partial charge in [0.15, 0.2) is 0 Å². The summed E-state index contributed by atoms with van der Waals surface area (Å²) in [4.78, 5) is 11.7. The van der Waals surface area contributed by atoms with E-state index in [-0.39, 0.29) is 5.91 Å². The van der Waals surface area contributed by atoms with Crippen LogP contribution in [0.25, 0.3) is 0 Å². The predicted molar refractivity (Wildman–Crippen MR) is 66.6 cm³/mol. The second-order valence-corrected chi connectivity index (χ2v) is 5.07. The van der Waals surface area contributed by atoms with Crippen molar-refractivity contribution in [1.29, 1.82) is 0 Å². The normalized spacial score (nSPS) is 16.4. The third-order valence-corrected chi connectivity index (χ3v) is 3.57.